The van der Waals surface area contributed by atoms with Crippen LogP contribution in [0.3, 0.4) is 0 Å². The molecule has 0 fully saturated rings. The van der Waals surface area contributed by atoms with Gasteiger partial charge < -0.3 is 4.74 Å². The van der Waals surface area contributed by atoms with Crippen molar-refractivity contribution < 1.29 is 4.74 Å². The van der Waals surface area contributed by atoms with Crippen LogP contribution < -0.4 is 10.1 Å². The zero-order valence-corrected chi connectivity index (χ0v) is 9.16. The van der Waals surface area contributed by atoms with Crippen LogP contribution in [0.25, 0.3) is 0 Å². The molecule has 0 amide bonds. The number of likely N-dealkylation sites (N-methyl/N-ethyl adjacent to an activating group) is 1. The van der Waals surface area contributed by atoms with E-state index in [0.29, 0.717) is 6.61 Å². The first kappa shape index (κ1) is 11.5. The van der Waals surface area contributed by atoms with Gasteiger partial charge in [0.2, 0.25) is 0 Å². The third kappa shape index (κ3) is 3.61. The Kier molecular flexibility index (Phi) is 4.14. The molecule has 1 unspecified atom stereocenters. The van der Waals surface area contributed by atoms with Gasteiger partial charge in [0.15, 0.2) is 0 Å². The van der Waals surface area contributed by atoms with Crippen LogP contribution in [-0.4, -0.2) is 18.7 Å². The molecule has 0 saturated carbocycles. The largest absolute Gasteiger partial charge is 0.491 e. The Balaban J connectivity index is 2.52. The van der Waals surface area contributed by atoms with E-state index in [1.54, 1.807) is 0 Å². The third-order valence-electron chi connectivity index (χ3n) is 2.08. The van der Waals surface area contributed by atoms with Gasteiger partial charge in [-0.2, -0.15) is 5.26 Å². The van der Waals surface area contributed by atoms with E-state index in [9.17, 15) is 0 Å². The summed E-state index contributed by atoms with van der Waals surface area (Å²) in [4.78, 5) is 0. The number of ether oxygens (including phenoxy) is 1. The lowest BCUT2D eigenvalue weighted by atomic mass is 10.1. The molecule has 0 aliphatic rings. The molecule has 1 aromatic carbocycles. The zero-order valence-electron chi connectivity index (χ0n) is 9.16. The molecule has 15 heavy (non-hydrogen) atoms. The van der Waals surface area contributed by atoms with Gasteiger partial charge in [-0.05, 0) is 25.6 Å². The lowest BCUT2D eigenvalue weighted by molar-refractivity contribution is 0.236. The second-order valence-corrected chi connectivity index (χ2v) is 3.58. The molecule has 3 nitrogen and oxygen atoms in total. The number of benzene rings is 1. The van der Waals surface area contributed by atoms with Crippen LogP contribution in [0, 0.1) is 11.3 Å². The predicted octanol–water partition coefficient (Wildman–Crippen LogP) is 1.96. The summed E-state index contributed by atoms with van der Waals surface area (Å²) in [7, 11) is 0. The van der Waals surface area contributed by atoms with E-state index in [0.717, 1.165) is 12.3 Å². The van der Waals surface area contributed by atoms with Crippen LogP contribution in [0.15, 0.2) is 30.3 Å². The standard InChI is InChI=1S/C12H16N2O/c1-3-14-12(2,9-13)10-15-11-7-5-4-6-8-11/h4-8,14H,3,10H2,1-2H3. The Labute approximate surface area is 90.7 Å². The molecule has 0 aromatic heterocycles. The van der Waals surface area contributed by atoms with Gasteiger partial charge in [0.05, 0.1) is 6.07 Å². The zero-order chi connectivity index (χ0) is 11.1. The smallest absolute Gasteiger partial charge is 0.138 e. The Morgan fingerprint density at radius 1 is 1.40 bits per heavy atom. The number of hydrogen-bond acceptors (Lipinski definition) is 3. The Morgan fingerprint density at radius 2 is 2.07 bits per heavy atom. The fourth-order valence-corrected chi connectivity index (χ4v) is 1.26. The maximum Gasteiger partial charge on any atom is 0.138 e. The van der Waals surface area contributed by atoms with Gasteiger partial charge in [-0.15, -0.1) is 0 Å². The van der Waals surface area contributed by atoms with Crippen molar-refractivity contribution in [3.8, 4) is 11.8 Å². The van der Waals surface area contributed by atoms with Crippen LogP contribution >= 0.6 is 0 Å². The molecule has 3 heteroatoms. The number of nitrogens with zero attached hydrogens (tertiary/aromatic N) is 1. The van der Waals surface area contributed by atoms with E-state index in [1.807, 2.05) is 44.2 Å². The van der Waals surface area contributed by atoms with Crippen LogP contribution in [0.5, 0.6) is 5.75 Å². The summed E-state index contributed by atoms with van der Waals surface area (Å²) in [5, 5.41) is 12.1. The molecule has 0 aliphatic carbocycles. The highest BCUT2D eigenvalue weighted by molar-refractivity contribution is 5.21. The second-order valence-electron chi connectivity index (χ2n) is 3.58. The number of para-hydroxylation sites is 1. The SMILES string of the molecule is CCNC(C)(C#N)COc1ccccc1. The number of nitrogens with one attached hydrogen (secondary N) is 1. The highest BCUT2D eigenvalue weighted by Gasteiger charge is 2.23. The third-order valence-corrected chi connectivity index (χ3v) is 2.08. The Morgan fingerprint density at radius 3 is 2.60 bits per heavy atom. The van der Waals surface area contributed by atoms with Crippen molar-refractivity contribution in [2.45, 2.75) is 19.4 Å². The molecule has 0 saturated heterocycles. The lowest BCUT2D eigenvalue weighted by Gasteiger charge is -2.22. The first-order valence-electron chi connectivity index (χ1n) is 5.04. The fraction of sp³-hybridized carbons (Fsp3) is 0.417. The van der Waals surface area contributed by atoms with E-state index >= 15 is 0 Å². The van der Waals surface area contributed by atoms with E-state index in [4.69, 9.17) is 10.00 Å². The summed E-state index contributed by atoms with van der Waals surface area (Å²) in [5.74, 6) is 0.789. The monoisotopic (exact) mass is 204 g/mol. The minimum absolute atomic E-state index is 0.349. The molecule has 0 bridgehead atoms. The Hall–Kier alpha value is -1.53. The van der Waals surface area contributed by atoms with Crippen LogP contribution in [0.1, 0.15) is 13.8 Å². The maximum atomic E-state index is 9.00. The van der Waals surface area contributed by atoms with Gasteiger partial charge in [-0.1, -0.05) is 25.1 Å². The quantitative estimate of drug-likeness (QED) is 0.797. The van der Waals surface area contributed by atoms with Crippen molar-refractivity contribution in [3.63, 3.8) is 0 Å². The fourth-order valence-electron chi connectivity index (χ4n) is 1.26. The van der Waals surface area contributed by atoms with Gasteiger partial charge in [0.1, 0.15) is 17.9 Å². The van der Waals surface area contributed by atoms with Crippen LogP contribution in [0.4, 0.5) is 0 Å². The van der Waals surface area contributed by atoms with Crippen molar-refractivity contribution in [2.24, 2.45) is 0 Å². The normalized spacial score (nSPS) is 13.9. The molecular weight excluding hydrogens is 188 g/mol. The molecule has 1 rings (SSSR count). The molecule has 0 heterocycles. The van der Waals surface area contributed by atoms with Crippen molar-refractivity contribution in [2.75, 3.05) is 13.2 Å². The average Bonchev–Trinajstić information content (AvgIpc) is 2.28. The molecule has 1 aromatic rings. The van der Waals surface area contributed by atoms with Crippen molar-refractivity contribution in [1.29, 1.82) is 5.26 Å². The molecule has 0 aliphatic heterocycles. The van der Waals surface area contributed by atoms with Crippen molar-refractivity contribution in [1.82, 2.24) is 5.32 Å². The van der Waals surface area contributed by atoms with Crippen molar-refractivity contribution in [3.05, 3.63) is 30.3 Å². The highest BCUT2D eigenvalue weighted by Crippen LogP contribution is 2.11. The first-order chi connectivity index (χ1) is 7.20. The van der Waals surface area contributed by atoms with Crippen LogP contribution in [0.2, 0.25) is 0 Å². The first-order valence-corrected chi connectivity index (χ1v) is 5.04. The summed E-state index contributed by atoms with van der Waals surface area (Å²) < 4.78 is 5.53. The Bertz CT molecular complexity index is 331. The van der Waals surface area contributed by atoms with Gasteiger partial charge in [-0.3, -0.25) is 5.32 Å². The summed E-state index contributed by atoms with van der Waals surface area (Å²) in [6.45, 7) is 4.90. The van der Waals surface area contributed by atoms with Gasteiger partial charge in [0, 0.05) is 0 Å². The van der Waals surface area contributed by atoms with Gasteiger partial charge >= 0.3 is 0 Å². The number of rotatable bonds is 5. The van der Waals surface area contributed by atoms with Gasteiger partial charge in [0.25, 0.3) is 0 Å². The molecule has 80 valence electrons. The average molecular weight is 204 g/mol. The molecule has 0 radical (unpaired) electrons. The second kappa shape index (κ2) is 5.38. The molecule has 1 N–H and O–H groups in total. The molecule has 0 spiro atoms. The summed E-state index contributed by atoms with van der Waals surface area (Å²) >= 11 is 0. The van der Waals surface area contributed by atoms with Crippen LogP contribution in [-0.2, 0) is 0 Å². The lowest BCUT2D eigenvalue weighted by Crippen LogP contribution is -2.46. The highest BCUT2D eigenvalue weighted by atomic mass is 16.5. The minimum Gasteiger partial charge on any atom is -0.491 e. The maximum absolute atomic E-state index is 9.00. The van der Waals surface area contributed by atoms with Gasteiger partial charge in [-0.25, -0.2) is 0 Å². The predicted molar refractivity (Wildman–Crippen MR) is 59.6 cm³/mol. The van der Waals surface area contributed by atoms with E-state index in [2.05, 4.69) is 11.4 Å². The topological polar surface area (TPSA) is 45.0 Å². The summed E-state index contributed by atoms with van der Waals surface area (Å²) in [5.41, 5.74) is -0.620. The molecular formula is C12H16N2O. The van der Waals surface area contributed by atoms with Crippen molar-refractivity contribution >= 4 is 0 Å². The summed E-state index contributed by atoms with van der Waals surface area (Å²) in [6.07, 6.45) is 0. The van der Waals surface area contributed by atoms with E-state index in [-0.39, 0.29) is 0 Å². The summed E-state index contributed by atoms with van der Waals surface area (Å²) in [6, 6.07) is 11.7. The minimum atomic E-state index is -0.620. The van der Waals surface area contributed by atoms with E-state index < -0.39 is 5.54 Å². The molecule has 1 atom stereocenters. The number of nitriles is 1. The number of hydrogen-bond donors (Lipinski definition) is 1. The van der Waals surface area contributed by atoms with E-state index in [1.165, 1.54) is 0 Å².